The molecule has 0 unspecified atom stereocenters. The van der Waals surface area contributed by atoms with E-state index in [1.807, 2.05) is 18.2 Å². The number of pyridine rings is 1. The van der Waals surface area contributed by atoms with Crippen molar-refractivity contribution in [2.75, 3.05) is 0 Å². The maximum Gasteiger partial charge on any atom is 0.138 e. The summed E-state index contributed by atoms with van der Waals surface area (Å²) in [4.78, 5) is 4.15. The summed E-state index contributed by atoms with van der Waals surface area (Å²) in [5, 5.41) is 7.74. The van der Waals surface area contributed by atoms with E-state index in [2.05, 4.69) is 4.98 Å². The van der Waals surface area contributed by atoms with Crippen molar-refractivity contribution < 1.29 is 4.74 Å². The van der Waals surface area contributed by atoms with Crippen LogP contribution in [0.1, 0.15) is 11.3 Å². The lowest BCUT2D eigenvalue weighted by atomic mass is 10.2. The number of benzene rings is 1. The van der Waals surface area contributed by atoms with E-state index >= 15 is 0 Å². The van der Waals surface area contributed by atoms with E-state index in [0.29, 0.717) is 22.9 Å². The second-order valence-electron chi connectivity index (χ2n) is 3.67. The van der Waals surface area contributed by atoms with Gasteiger partial charge in [0.1, 0.15) is 18.2 Å². The highest BCUT2D eigenvalue weighted by atomic mass is 35.5. The molecule has 92 valence electrons. The van der Waals surface area contributed by atoms with Crippen LogP contribution in [-0.4, -0.2) is 10.8 Å². The molecule has 0 fully saturated rings. The number of halogens is 1. The first-order valence-corrected chi connectivity index (χ1v) is 5.71. The number of rotatable bonds is 4. The molecule has 0 radical (unpaired) electrons. The number of nitrogens with two attached hydrogens (primary N) is 1. The number of nitrogens with one attached hydrogen (secondary N) is 1. The van der Waals surface area contributed by atoms with Gasteiger partial charge in [-0.15, -0.1) is 0 Å². The highest BCUT2D eigenvalue weighted by Gasteiger charge is 2.05. The first-order valence-electron chi connectivity index (χ1n) is 5.33. The fraction of sp³-hybridized carbons (Fsp3) is 0.0769. The molecule has 1 aromatic carbocycles. The molecule has 0 atom stereocenters. The van der Waals surface area contributed by atoms with E-state index < -0.39 is 0 Å². The van der Waals surface area contributed by atoms with Gasteiger partial charge in [-0.1, -0.05) is 17.7 Å². The van der Waals surface area contributed by atoms with Crippen molar-refractivity contribution in [3.05, 3.63) is 58.9 Å². The third kappa shape index (κ3) is 2.99. The second kappa shape index (κ2) is 5.51. The van der Waals surface area contributed by atoms with Crippen LogP contribution in [0.15, 0.2) is 42.6 Å². The number of aromatic nitrogens is 1. The van der Waals surface area contributed by atoms with Gasteiger partial charge in [-0.25, -0.2) is 0 Å². The van der Waals surface area contributed by atoms with Crippen molar-refractivity contribution in [1.82, 2.24) is 4.98 Å². The molecule has 0 saturated carbocycles. The molecular weight excluding hydrogens is 250 g/mol. The highest BCUT2D eigenvalue weighted by molar-refractivity contribution is 6.32. The normalized spacial score (nSPS) is 10.1. The summed E-state index contributed by atoms with van der Waals surface area (Å²) in [7, 11) is 0. The van der Waals surface area contributed by atoms with Crippen LogP contribution in [0.25, 0.3) is 0 Å². The van der Waals surface area contributed by atoms with Crippen molar-refractivity contribution in [2.45, 2.75) is 6.61 Å². The summed E-state index contributed by atoms with van der Waals surface area (Å²) in [6.07, 6.45) is 1.71. The van der Waals surface area contributed by atoms with Crippen LogP contribution in [0.3, 0.4) is 0 Å². The Morgan fingerprint density at radius 2 is 2.17 bits per heavy atom. The monoisotopic (exact) mass is 261 g/mol. The Kier molecular flexibility index (Phi) is 3.79. The maximum absolute atomic E-state index is 7.31. The fourth-order valence-electron chi connectivity index (χ4n) is 1.42. The fourth-order valence-corrected chi connectivity index (χ4v) is 1.66. The molecule has 2 aromatic rings. The minimum absolute atomic E-state index is 0.0202. The third-order valence-electron chi connectivity index (χ3n) is 2.34. The van der Waals surface area contributed by atoms with Gasteiger partial charge in [0.05, 0.1) is 10.7 Å². The van der Waals surface area contributed by atoms with Gasteiger partial charge >= 0.3 is 0 Å². The second-order valence-corrected chi connectivity index (χ2v) is 4.08. The summed E-state index contributed by atoms with van der Waals surface area (Å²) in [5.74, 6) is 0.528. The van der Waals surface area contributed by atoms with E-state index in [9.17, 15) is 0 Å². The zero-order valence-corrected chi connectivity index (χ0v) is 10.3. The zero-order chi connectivity index (χ0) is 13.0. The number of nitrogen functional groups attached to an aromatic ring is 1. The summed E-state index contributed by atoms with van der Waals surface area (Å²) in [5.41, 5.74) is 6.77. The molecule has 4 nitrogen and oxygen atoms in total. The Morgan fingerprint density at radius 3 is 2.78 bits per heavy atom. The van der Waals surface area contributed by atoms with Crippen LogP contribution in [0, 0.1) is 5.41 Å². The summed E-state index contributed by atoms with van der Waals surface area (Å²) in [6.45, 7) is 0.347. The summed E-state index contributed by atoms with van der Waals surface area (Å²) in [6, 6.07) is 10.6. The van der Waals surface area contributed by atoms with E-state index in [1.54, 1.807) is 24.4 Å². The molecule has 0 aliphatic rings. The molecule has 18 heavy (non-hydrogen) atoms. The number of hydrogen-bond donors (Lipinski definition) is 2. The van der Waals surface area contributed by atoms with Gasteiger partial charge in [-0.2, -0.15) is 0 Å². The van der Waals surface area contributed by atoms with Crippen LogP contribution >= 0.6 is 11.6 Å². The number of ether oxygens (including phenoxy) is 1. The van der Waals surface area contributed by atoms with Gasteiger partial charge in [0.2, 0.25) is 0 Å². The molecule has 0 aliphatic carbocycles. The lowest BCUT2D eigenvalue weighted by Crippen LogP contribution is -2.10. The van der Waals surface area contributed by atoms with Gasteiger partial charge in [0.25, 0.3) is 0 Å². The Labute approximate surface area is 110 Å². The predicted molar refractivity (Wildman–Crippen MR) is 71.0 cm³/mol. The lowest BCUT2D eigenvalue weighted by molar-refractivity contribution is 0.301. The smallest absolute Gasteiger partial charge is 0.138 e. The molecule has 0 amide bonds. The van der Waals surface area contributed by atoms with Gasteiger partial charge in [-0.3, -0.25) is 10.4 Å². The molecule has 3 N–H and O–H groups in total. The largest absolute Gasteiger partial charge is 0.486 e. The number of hydrogen-bond acceptors (Lipinski definition) is 3. The van der Waals surface area contributed by atoms with E-state index in [4.69, 9.17) is 27.5 Å². The Balaban J connectivity index is 2.08. The molecule has 5 heteroatoms. The van der Waals surface area contributed by atoms with Gasteiger partial charge in [0, 0.05) is 11.8 Å². The van der Waals surface area contributed by atoms with Crippen molar-refractivity contribution in [1.29, 1.82) is 5.41 Å². The van der Waals surface area contributed by atoms with E-state index in [1.165, 1.54) is 0 Å². The Morgan fingerprint density at radius 1 is 1.33 bits per heavy atom. The molecule has 1 aromatic heterocycles. The van der Waals surface area contributed by atoms with E-state index in [0.717, 1.165) is 5.69 Å². The molecule has 0 saturated heterocycles. The lowest BCUT2D eigenvalue weighted by Gasteiger charge is -2.08. The van der Waals surface area contributed by atoms with Crippen LogP contribution in [0.2, 0.25) is 5.02 Å². The Bertz CT molecular complexity index is 557. The third-order valence-corrected chi connectivity index (χ3v) is 2.64. The van der Waals surface area contributed by atoms with E-state index in [-0.39, 0.29) is 5.84 Å². The molecule has 0 bridgehead atoms. The van der Waals surface area contributed by atoms with Gasteiger partial charge < -0.3 is 10.5 Å². The summed E-state index contributed by atoms with van der Waals surface area (Å²) < 4.78 is 5.55. The summed E-state index contributed by atoms with van der Waals surface area (Å²) >= 11 is 6.04. The topological polar surface area (TPSA) is 72.0 Å². The first-order chi connectivity index (χ1) is 8.66. The standard InChI is InChI=1S/C13H12ClN3O/c14-11-7-9(13(15)16)4-5-12(11)18-8-10-3-1-2-6-17-10/h1-7H,8H2,(H3,15,16). The van der Waals surface area contributed by atoms with Crippen molar-refractivity contribution in [2.24, 2.45) is 5.73 Å². The molecule has 1 heterocycles. The molecular formula is C13H12ClN3O. The number of nitrogens with zero attached hydrogens (tertiary/aromatic N) is 1. The van der Waals surface area contributed by atoms with Gasteiger partial charge in [0.15, 0.2) is 0 Å². The molecule has 0 aliphatic heterocycles. The van der Waals surface area contributed by atoms with Crippen LogP contribution < -0.4 is 10.5 Å². The SMILES string of the molecule is N=C(N)c1ccc(OCc2ccccn2)c(Cl)c1. The van der Waals surface area contributed by atoms with Crippen molar-refractivity contribution in [3.63, 3.8) is 0 Å². The van der Waals surface area contributed by atoms with Gasteiger partial charge in [-0.05, 0) is 30.3 Å². The molecule has 2 rings (SSSR count). The maximum atomic E-state index is 7.31. The molecule has 0 spiro atoms. The van der Waals surface area contributed by atoms with Crippen LogP contribution in [0.5, 0.6) is 5.75 Å². The Hall–Kier alpha value is -2.07. The number of amidine groups is 1. The zero-order valence-electron chi connectivity index (χ0n) is 9.56. The average molecular weight is 262 g/mol. The van der Waals surface area contributed by atoms with Crippen LogP contribution in [-0.2, 0) is 6.61 Å². The first kappa shape index (κ1) is 12.4. The van der Waals surface area contributed by atoms with Crippen molar-refractivity contribution in [3.8, 4) is 5.75 Å². The minimum atomic E-state index is -0.0202. The minimum Gasteiger partial charge on any atom is -0.486 e. The predicted octanol–water partition coefficient (Wildman–Crippen LogP) is 2.60. The van der Waals surface area contributed by atoms with Crippen LogP contribution in [0.4, 0.5) is 0 Å². The average Bonchev–Trinajstić information content (AvgIpc) is 2.38. The quantitative estimate of drug-likeness (QED) is 0.656. The van der Waals surface area contributed by atoms with Crippen molar-refractivity contribution >= 4 is 17.4 Å². The highest BCUT2D eigenvalue weighted by Crippen LogP contribution is 2.25.